The SMILES string of the molecule is CCNC(=NCc1ccc(CN2CCCC2)cc1)NCCOCC1CC1. The van der Waals surface area contributed by atoms with Crippen molar-refractivity contribution in [2.24, 2.45) is 10.9 Å². The highest BCUT2D eigenvalue weighted by Gasteiger charge is 2.20. The largest absolute Gasteiger partial charge is 0.379 e. The quantitative estimate of drug-likeness (QED) is 0.384. The summed E-state index contributed by atoms with van der Waals surface area (Å²) in [5, 5.41) is 6.65. The summed E-state index contributed by atoms with van der Waals surface area (Å²) in [4.78, 5) is 7.22. The zero-order chi connectivity index (χ0) is 18.0. The van der Waals surface area contributed by atoms with Gasteiger partial charge in [-0.3, -0.25) is 4.90 Å². The normalized spacial score (nSPS) is 18.3. The molecule has 0 radical (unpaired) electrons. The predicted molar refractivity (Wildman–Crippen MR) is 107 cm³/mol. The summed E-state index contributed by atoms with van der Waals surface area (Å²) >= 11 is 0. The molecule has 1 aliphatic carbocycles. The van der Waals surface area contributed by atoms with Gasteiger partial charge in [-0.1, -0.05) is 24.3 Å². The summed E-state index contributed by atoms with van der Waals surface area (Å²) in [5.41, 5.74) is 2.65. The van der Waals surface area contributed by atoms with Crippen molar-refractivity contribution < 1.29 is 4.74 Å². The van der Waals surface area contributed by atoms with Gasteiger partial charge in [0.15, 0.2) is 5.96 Å². The van der Waals surface area contributed by atoms with Crippen LogP contribution in [0.5, 0.6) is 0 Å². The Hall–Kier alpha value is -1.59. The van der Waals surface area contributed by atoms with Gasteiger partial charge in [-0.15, -0.1) is 0 Å². The number of guanidine groups is 1. The van der Waals surface area contributed by atoms with Crippen LogP contribution in [0.4, 0.5) is 0 Å². The molecule has 2 N–H and O–H groups in total. The van der Waals surface area contributed by atoms with Crippen LogP contribution in [0.3, 0.4) is 0 Å². The number of rotatable bonds is 10. The number of benzene rings is 1. The first-order chi connectivity index (χ1) is 12.8. The van der Waals surface area contributed by atoms with Gasteiger partial charge >= 0.3 is 0 Å². The van der Waals surface area contributed by atoms with E-state index in [2.05, 4.69) is 46.7 Å². The third kappa shape index (κ3) is 6.96. The van der Waals surface area contributed by atoms with Gasteiger partial charge in [0.05, 0.1) is 13.2 Å². The van der Waals surface area contributed by atoms with Crippen molar-refractivity contribution in [3.05, 3.63) is 35.4 Å². The van der Waals surface area contributed by atoms with Crippen LogP contribution in [-0.2, 0) is 17.8 Å². The van der Waals surface area contributed by atoms with E-state index in [-0.39, 0.29) is 0 Å². The summed E-state index contributed by atoms with van der Waals surface area (Å²) in [6.45, 7) is 9.68. The number of nitrogens with zero attached hydrogens (tertiary/aromatic N) is 2. The molecule has 5 heteroatoms. The van der Waals surface area contributed by atoms with E-state index >= 15 is 0 Å². The van der Waals surface area contributed by atoms with Gasteiger partial charge in [-0.05, 0) is 62.7 Å². The summed E-state index contributed by atoms with van der Waals surface area (Å²) in [6, 6.07) is 8.90. The highest BCUT2D eigenvalue weighted by atomic mass is 16.5. The molecular formula is C21H34N4O. The maximum atomic E-state index is 5.67. The first-order valence-electron chi connectivity index (χ1n) is 10.2. The lowest BCUT2D eigenvalue weighted by Gasteiger charge is -2.14. The molecule has 1 saturated carbocycles. The summed E-state index contributed by atoms with van der Waals surface area (Å²) in [5.74, 6) is 1.69. The van der Waals surface area contributed by atoms with Gasteiger partial charge in [0.1, 0.15) is 0 Å². The fourth-order valence-corrected chi connectivity index (χ4v) is 3.24. The molecule has 5 nitrogen and oxygen atoms in total. The van der Waals surface area contributed by atoms with Crippen LogP contribution in [0.25, 0.3) is 0 Å². The van der Waals surface area contributed by atoms with E-state index < -0.39 is 0 Å². The minimum Gasteiger partial charge on any atom is -0.379 e. The number of hydrogen-bond donors (Lipinski definition) is 2. The fraction of sp³-hybridized carbons (Fsp3) is 0.667. The number of hydrogen-bond acceptors (Lipinski definition) is 3. The van der Waals surface area contributed by atoms with Crippen molar-refractivity contribution in [1.29, 1.82) is 0 Å². The molecule has 1 saturated heterocycles. The Morgan fingerprint density at radius 2 is 1.85 bits per heavy atom. The van der Waals surface area contributed by atoms with Crippen molar-refractivity contribution in [3.63, 3.8) is 0 Å². The second-order valence-corrected chi connectivity index (χ2v) is 7.44. The average Bonchev–Trinajstić information content (AvgIpc) is 3.34. The van der Waals surface area contributed by atoms with Crippen molar-refractivity contribution in [3.8, 4) is 0 Å². The van der Waals surface area contributed by atoms with Crippen molar-refractivity contribution in [1.82, 2.24) is 15.5 Å². The minimum atomic E-state index is 0.697. The van der Waals surface area contributed by atoms with E-state index in [1.165, 1.54) is 49.9 Å². The van der Waals surface area contributed by atoms with Gasteiger partial charge < -0.3 is 15.4 Å². The van der Waals surface area contributed by atoms with Crippen LogP contribution in [0, 0.1) is 5.92 Å². The lowest BCUT2D eigenvalue weighted by atomic mass is 10.1. The second-order valence-electron chi connectivity index (χ2n) is 7.44. The maximum absolute atomic E-state index is 5.67. The molecule has 1 heterocycles. The van der Waals surface area contributed by atoms with E-state index in [1.54, 1.807) is 0 Å². The Labute approximate surface area is 158 Å². The fourth-order valence-electron chi connectivity index (χ4n) is 3.24. The zero-order valence-corrected chi connectivity index (χ0v) is 16.2. The van der Waals surface area contributed by atoms with Crippen molar-refractivity contribution in [2.45, 2.75) is 45.7 Å². The highest BCUT2D eigenvalue weighted by Crippen LogP contribution is 2.28. The number of aliphatic imine (C=N–C) groups is 1. The monoisotopic (exact) mass is 358 g/mol. The standard InChI is InChI=1S/C21H34N4O/c1-2-22-21(23-11-14-26-17-20-9-10-20)24-15-18-5-7-19(8-6-18)16-25-12-3-4-13-25/h5-8,20H,2-4,9-17H2,1H3,(H2,22,23,24). The Balaban J connectivity index is 1.40. The number of ether oxygens (including phenoxy) is 1. The third-order valence-electron chi connectivity index (χ3n) is 4.98. The molecule has 3 rings (SSSR count). The molecule has 0 bridgehead atoms. The summed E-state index contributed by atoms with van der Waals surface area (Å²) in [6.07, 6.45) is 5.37. The zero-order valence-electron chi connectivity index (χ0n) is 16.2. The third-order valence-corrected chi connectivity index (χ3v) is 4.98. The molecule has 26 heavy (non-hydrogen) atoms. The first-order valence-corrected chi connectivity index (χ1v) is 10.2. The van der Waals surface area contributed by atoms with Gasteiger partial charge in [0.25, 0.3) is 0 Å². The lowest BCUT2D eigenvalue weighted by Crippen LogP contribution is -2.39. The molecule has 1 aromatic rings. The molecule has 1 aliphatic heterocycles. The molecular weight excluding hydrogens is 324 g/mol. The Morgan fingerprint density at radius 3 is 2.54 bits per heavy atom. The second kappa shape index (κ2) is 10.5. The first kappa shape index (κ1) is 19.2. The van der Waals surface area contributed by atoms with E-state index in [4.69, 9.17) is 9.73 Å². The van der Waals surface area contributed by atoms with E-state index in [9.17, 15) is 0 Å². The Kier molecular flexibility index (Phi) is 7.77. The average molecular weight is 359 g/mol. The van der Waals surface area contributed by atoms with Crippen LogP contribution in [0.15, 0.2) is 29.3 Å². The van der Waals surface area contributed by atoms with E-state index in [0.29, 0.717) is 6.54 Å². The summed E-state index contributed by atoms with van der Waals surface area (Å²) < 4.78 is 5.67. The van der Waals surface area contributed by atoms with Crippen LogP contribution in [0.1, 0.15) is 43.7 Å². The van der Waals surface area contributed by atoms with E-state index in [1.807, 2.05) is 0 Å². The molecule has 0 atom stereocenters. The van der Waals surface area contributed by atoms with E-state index in [0.717, 1.165) is 44.7 Å². The highest BCUT2D eigenvalue weighted by molar-refractivity contribution is 5.79. The molecule has 1 aromatic carbocycles. The Bertz CT molecular complexity index is 548. The maximum Gasteiger partial charge on any atom is 0.191 e. The van der Waals surface area contributed by atoms with Gasteiger partial charge in [0, 0.05) is 26.2 Å². The Morgan fingerprint density at radius 1 is 1.12 bits per heavy atom. The molecule has 0 spiro atoms. The van der Waals surface area contributed by atoms with Gasteiger partial charge in [0.2, 0.25) is 0 Å². The number of likely N-dealkylation sites (tertiary alicyclic amines) is 1. The summed E-state index contributed by atoms with van der Waals surface area (Å²) in [7, 11) is 0. The molecule has 2 fully saturated rings. The smallest absolute Gasteiger partial charge is 0.191 e. The molecule has 0 unspecified atom stereocenters. The number of nitrogens with one attached hydrogen (secondary N) is 2. The van der Waals surface area contributed by atoms with Gasteiger partial charge in [-0.25, -0.2) is 4.99 Å². The predicted octanol–water partition coefficient (Wildman–Crippen LogP) is 2.76. The molecule has 0 amide bonds. The molecule has 2 aliphatic rings. The topological polar surface area (TPSA) is 48.9 Å². The van der Waals surface area contributed by atoms with Crippen molar-refractivity contribution in [2.75, 3.05) is 39.4 Å². The van der Waals surface area contributed by atoms with Crippen LogP contribution < -0.4 is 10.6 Å². The minimum absolute atomic E-state index is 0.697. The van der Waals surface area contributed by atoms with Gasteiger partial charge in [-0.2, -0.15) is 0 Å². The molecule has 0 aromatic heterocycles. The van der Waals surface area contributed by atoms with Crippen molar-refractivity contribution >= 4 is 5.96 Å². The van der Waals surface area contributed by atoms with Crippen LogP contribution >= 0.6 is 0 Å². The van der Waals surface area contributed by atoms with Crippen LogP contribution in [-0.4, -0.2) is 50.3 Å². The lowest BCUT2D eigenvalue weighted by molar-refractivity contribution is 0.129. The van der Waals surface area contributed by atoms with Crippen LogP contribution in [0.2, 0.25) is 0 Å². The molecule has 144 valence electrons.